The lowest BCUT2D eigenvalue weighted by molar-refractivity contribution is -0.131. The molecule has 0 aromatic carbocycles. The molecule has 4 heteroatoms. The molecular weight excluding hydrogens is 190 g/mol. The van der Waals surface area contributed by atoms with Crippen LogP contribution in [-0.4, -0.2) is 62.5 Å². The van der Waals surface area contributed by atoms with Gasteiger partial charge in [-0.3, -0.25) is 4.79 Å². The number of nitrogens with one attached hydrogen (secondary N) is 1. The van der Waals surface area contributed by atoms with Crippen molar-refractivity contribution in [3.8, 4) is 0 Å². The quantitative estimate of drug-likeness (QED) is 0.706. The van der Waals surface area contributed by atoms with E-state index in [0.717, 1.165) is 38.9 Å². The highest BCUT2D eigenvalue weighted by atomic mass is 16.2. The second kappa shape index (κ2) is 6.08. The first-order valence-electron chi connectivity index (χ1n) is 5.74. The largest absolute Gasteiger partial charge is 0.344 e. The minimum Gasteiger partial charge on any atom is -0.344 e. The predicted molar refractivity (Wildman–Crippen MR) is 61.8 cm³/mol. The monoisotopic (exact) mass is 213 g/mol. The Balaban J connectivity index is 2.20. The minimum atomic E-state index is 0.0781. The summed E-state index contributed by atoms with van der Waals surface area (Å²) in [5.41, 5.74) is 0. The Bertz CT molecular complexity index is 200. The summed E-state index contributed by atoms with van der Waals surface area (Å²) < 4.78 is 0. The lowest BCUT2D eigenvalue weighted by Crippen LogP contribution is -2.42. The van der Waals surface area contributed by atoms with Gasteiger partial charge in [0.05, 0.1) is 6.04 Å². The van der Waals surface area contributed by atoms with Gasteiger partial charge in [0.1, 0.15) is 0 Å². The van der Waals surface area contributed by atoms with Crippen LogP contribution in [0.25, 0.3) is 0 Å². The highest BCUT2D eigenvalue weighted by Crippen LogP contribution is 2.07. The van der Waals surface area contributed by atoms with Gasteiger partial charge in [-0.25, -0.2) is 0 Å². The van der Waals surface area contributed by atoms with Crippen LogP contribution in [0.15, 0.2) is 0 Å². The van der Waals surface area contributed by atoms with Crippen molar-refractivity contribution in [1.29, 1.82) is 0 Å². The normalized spacial score (nSPS) is 20.9. The molecule has 0 saturated carbocycles. The third kappa shape index (κ3) is 4.18. The Kier molecular flexibility index (Phi) is 5.05. The number of nitrogens with zero attached hydrogens (tertiary/aromatic N) is 2. The van der Waals surface area contributed by atoms with Crippen molar-refractivity contribution in [1.82, 2.24) is 15.1 Å². The van der Waals surface area contributed by atoms with Crippen LogP contribution in [0.1, 0.15) is 19.3 Å². The van der Waals surface area contributed by atoms with Crippen LogP contribution in [0.3, 0.4) is 0 Å². The molecule has 1 aliphatic heterocycles. The fraction of sp³-hybridized carbons (Fsp3) is 0.909. The Hall–Kier alpha value is -0.610. The summed E-state index contributed by atoms with van der Waals surface area (Å²) in [7, 11) is 6.01. The molecule has 1 fully saturated rings. The number of hydrogen-bond donors (Lipinski definition) is 1. The molecule has 4 nitrogen and oxygen atoms in total. The molecule has 88 valence electrons. The standard InChI is InChI=1S/C11H23N3O/c1-13(2)8-5-9-14(3)11(15)10-6-4-7-12-10/h10,12H,4-9H2,1-3H3/t10-/m1/s1. The molecule has 1 N–H and O–H groups in total. The van der Waals surface area contributed by atoms with Crippen LogP contribution >= 0.6 is 0 Å². The molecule has 0 aromatic heterocycles. The van der Waals surface area contributed by atoms with Gasteiger partial charge >= 0.3 is 0 Å². The first-order valence-corrected chi connectivity index (χ1v) is 5.74. The fourth-order valence-corrected chi connectivity index (χ4v) is 1.90. The van der Waals surface area contributed by atoms with E-state index < -0.39 is 0 Å². The van der Waals surface area contributed by atoms with Crippen molar-refractivity contribution < 1.29 is 4.79 Å². The lowest BCUT2D eigenvalue weighted by atomic mass is 10.2. The zero-order valence-electron chi connectivity index (χ0n) is 10.1. The van der Waals surface area contributed by atoms with Gasteiger partial charge in [0, 0.05) is 13.6 Å². The molecule has 1 rings (SSSR count). The van der Waals surface area contributed by atoms with Crippen molar-refractivity contribution in [2.75, 3.05) is 40.8 Å². The maximum absolute atomic E-state index is 11.9. The van der Waals surface area contributed by atoms with Crippen molar-refractivity contribution in [2.45, 2.75) is 25.3 Å². The number of carbonyl (C=O) groups is 1. The molecule has 0 aromatic rings. The third-order valence-corrected chi connectivity index (χ3v) is 2.83. The number of likely N-dealkylation sites (N-methyl/N-ethyl adjacent to an activating group) is 1. The van der Waals surface area contributed by atoms with Crippen LogP contribution in [0.2, 0.25) is 0 Å². The first-order chi connectivity index (χ1) is 7.11. The third-order valence-electron chi connectivity index (χ3n) is 2.83. The zero-order valence-corrected chi connectivity index (χ0v) is 10.1. The summed E-state index contributed by atoms with van der Waals surface area (Å²) in [6, 6.07) is 0.0781. The summed E-state index contributed by atoms with van der Waals surface area (Å²) in [5, 5.41) is 3.23. The second-order valence-electron chi connectivity index (χ2n) is 4.57. The van der Waals surface area contributed by atoms with E-state index in [-0.39, 0.29) is 11.9 Å². The van der Waals surface area contributed by atoms with Crippen LogP contribution < -0.4 is 5.32 Å². The summed E-state index contributed by atoms with van der Waals surface area (Å²) >= 11 is 0. The van der Waals surface area contributed by atoms with Gasteiger partial charge in [-0.1, -0.05) is 0 Å². The van der Waals surface area contributed by atoms with Gasteiger partial charge < -0.3 is 15.1 Å². The van der Waals surface area contributed by atoms with Crippen LogP contribution in [0.4, 0.5) is 0 Å². The van der Waals surface area contributed by atoms with Crippen molar-refractivity contribution in [2.24, 2.45) is 0 Å². The van der Waals surface area contributed by atoms with E-state index in [9.17, 15) is 4.79 Å². The topological polar surface area (TPSA) is 35.6 Å². The molecular formula is C11H23N3O. The van der Waals surface area contributed by atoms with E-state index in [2.05, 4.69) is 24.3 Å². The summed E-state index contributed by atoms with van der Waals surface area (Å²) in [5.74, 6) is 0.256. The van der Waals surface area contributed by atoms with Crippen LogP contribution in [0.5, 0.6) is 0 Å². The summed E-state index contributed by atoms with van der Waals surface area (Å²) in [6.07, 6.45) is 3.17. The molecule has 1 atom stereocenters. The van der Waals surface area contributed by atoms with E-state index in [1.54, 1.807) is 0 Å². The van der Waals surface area contributed by atoms with Gasteiger partial charge in [0.15, 0.2) is 0 Å². The Labute approximate surface area is 92.6 Å². The van der Waals surface area contributed by atoms with E-state index >= 15 is 0 Å². The van der Waals surface area contributed by atoms with Crippen LogP contribution in [-0.2, 0) is 4.79 Å². The molecule has 0 spiro atoms. The number of carbonyl (C=O) groups excluding carboxylic acids is 1. The molecule has 1 saturated heterocycles. The number of amides is 1. The summed E-state index contributed by atoms with van der Waals surface area (Å²) in [4.78, 5) is 15.9. The molecule has 0 radical (unpaired) electrons. The predicted octanol–water partition coefficient (Wildman–Crippen LogP) is 0.149. The molecule has 1 heterocycles. The smallest absolute Gasteiger partial charge is 0.239 e. The Morgan fingerprint density at radius 1 is 1.33 bits per heavy atom. The minimum absolute atomic E-state index is 0.0781. The fourth-order valence-electron chi connectivity index (χ4n) is 1.90. The van der Waals surface area contributed by atoms with Gasteiger partial charge in [-0.05, 0) is 46.4 Å². The average molecular weight is 213 g/mol. The molecule has 1 amide bonds. The molecule has 15 heavy (non-hydrogen) atoms. The van der Waals surface area contributed by atoms with Crippen molar-refractivity contribution >= 4 is 5.91 Å². The molecule has 0 aliphatic carbocycles. The first kappa shape index (κ1) is 12.5. The maximum atomic E-state index is 11.9. The average Bonchev–Trinajstić information content (AvgIpc) is 2.68. The second-order valence-corrected chi connectivity index (χ2v) is 4.57. The van der Waals surface area contributed by atoms with Gasteiger partial charge in [-0.2, -0.15) is 0 Å². The van der Waals surface area contributed by atoms with Gasteiger partial charge in [-0.15, -0.1) is 0 Å². The Morgan fingerprint density at radius 2 is 2.07 bits per heavy atom. The Morgan fingerprint density at radius 3 is 2.60 bits per heavy atom. The van der Waals surface area contributed by atoms with E-state index in [1.165, 1.54) is 0 Å². The zero-order chi connectivity index (χ0) is 11.3. The highest BCUT2D eigenvalue weighted by molar-refractivity contribution is 5.81. The van der Waals surface area contributed by atoms with E-state index in [4.69, 9.17) is 0 Å². The van der Waals surface area contributed by atoms with Crippen molar-refractivity contribution in [3.05, 3.63) is 0 Å². The molecule has 0 unspecified atom stereocenters. The van der Waals surface area contributed by atoms with E-state index in [0.29, 0.717) is 0 Å². The highest BCUT2D eigenvalue weighted by Gasteiger charge is 2.24. The van der Waals surface area contributed by atoms with Gasteiger partial charge in [0.2, 0.25) is 5.91 Å². The number of rotatable bonds is 5. The lowest BCUT2D eigenvalue weighted by Gasteiger charge is -2.21. The van der Waals surface area contributed by atoms with Crippen LogP contribution in [0, 0.1) is 0 Å². The molecule has 1 aliphatic rings. The van der Waals surface area contributed by atoms with Crippen molar-refractivity contribution in [3.63, 3.8) is 0 Å². The van der Waals surface area contributed by atoms with E-state index in [1.807, 2.05) is 11.9 Å². The summed E-state index contributed by atoms with van der Waals surface area (Å²) in [6.45, 7) is 2.88. The SMILES string of the molecule is CN(C)CCCN(C)C(=O)[C@H]1CCCN1. The molecule has 0 bridgehead atoms. The number of hydrogen-bond acceptors (Lipinski definition) is 3. The van der Waals surface area contributed by atoms with Gasteiger partial charge in [0.25, 0.3) is 0 Å². The maximum Gasteiger partial charge on any atom is 0.239 e.